The molecule has 3 aliphatic rings. The molecule has 0 saturated heterocycles. The van der Waals surface area contributed by atoms with Crippen LogP contribution in [0.25, 0.3) is 17.1 Å². The van der Waals surface area contributed by atoms with Crippen LogP contribution in [0.15, 0.2) is 77.1 Å². The second-order valence-electron chi connectivity index (χ2n) is 8.90. The van der Waals surface area contributed by atoms with Gasteiger partial charge >= 0.3 is 0 Å². The smallest absolute Gasteiger partial charge is 0.278 e. The van der Waals surface area contributed by atoms with E-state index in [0.717, 1.165) is 52.2 Å². The molecule has 35 heavy (non-hydrogen) atoms. The molecule has 6 heteroatoms. The number of aryl methyl sites for hydroxylation is 1. The van der Waals surface area contributed by atoms with Gasteiger partial charge in [-0.1, -0.05) is 55.5 Å². The lowest BCUT2D eigenvalue weighted by atomic mass is 9.91. The average molecular weight is 468 g/mol. The van der Waals surface area contributed by atoms with Crippen LogP contribution in [0.1, 0.15) is 41.6 Å². The Morgan fingerprint density at radius 3 is 2.77 bits per heavy atom. The summed E-state index contributed by atoms with van der Waals surface area (Å²) in [7, 11) is 0. The van der Waals surface area contributed by atoms with Crippen LogP contribution in [-0.4, -0.2) is 31.4 Å². The third-order valence-corrected chi connectivity index (χ3v) is 6.50. The highest BCUT2D eigenvalue weighted by atomic mass is 16.3. The summed E-state index contributed by atoms with van der Waals surface area (Å²) in [6.07, 6.45) is 8.89. The standard InChI is InChI=1S/C29H29N3O3/c1-2-7-19(10-6-15-33)17-25-29(35)32-26-14-11-21-18-22(34)12-13-23(21)27(26)30-24(28(32)31-25)16-20-8-4-3-5-9-20/h3-10,12-13,18,30,33-34H,2,11,14-17H2,1H3/b10-6-,19-7+. The van der Waals surface area contributed by atoms with Crippen LogP contribution in [0, 0.1) is 0 Å². The number of H-pyrrole nitrogens is 1. The van der Waals surface area contributed by atoms with E-state index in [9.17, 15) is 15.0 Å². The second kappa shape index (κ2) is 9.76. The molecule has 2 aromatic carbocycles. The zero-order valence-electron chi connectivity index (χ0n) is 19.8. The Morgan fingerprint density at radius 2 is 2.00 bits per heavy atom. The summed E-state index contributed by atoms with van der Waals surface area (Å²) in [5.41, 5.74) is 7.28. The summed E-state index contributed by atoms with van der Waals surface area (Å²) in [5.74, 6) is 0.912. The molecule has 2 aliphatic heterocycles. The third-order valence-electron chi connectivity index (χ3n) is 6.50. The molecule has 0 radical (unpaired) electrons. The molecule has 3 N–H and O–H groups in total. The zero-order chi connectivity index (χ0) is 24.4. The number of fused-ring (bicyclic) bond motifs is 5. The largest absolute Gasteiger partial charge is 0.508 e. The van der Waals surface area contributed by atoms with Crippen LogP contribution in [0.4, 0.5) is 0 Å². The minimum absolute atomic E-state index is 0.0465. The highest BCUT2D eigenvalue weighted by Gasteiger charge is 2.28. The molecule has 2 aromatic rings. The fourth-order valence-corrected chi connectivity index (χ4v) is 4.94. The monoisotopic (exact) mass is 467 g/mol. The fourth-order valence-electron chi connectivity index (χ4n) is 4.94. The van der Waals surface area contributed by atoms with Gasteiger partial charge in [-0.15, -0.1) is 0 Å². The molecule has 0 bridgehead atoms. The fraction of sp³-hybridized carbons (Fsp3) is 0.241. The summed E-state index contributed by atoms with van der Waals surface area (Å²) in [6.45, 7) is 2.00. The van der Waals surface area contributed by atoms with Crippen molar-refractivity contribution in [3.63, 3.8) is 0 Å². The Hall–Kier alpha value is -3.90. The molecule has 5 rings (SSSR count). The van der Waals surface area contributed by atoms with Gasteiger partial charge in [-0.05, 0) is 54.2 Å². The van der Waals surface area contributed by atoms with E-state index >= 15 is 0 Å². The maximum absolute atomic E-state index is 13.7. The summed E-state index contributed by atoms with van der Waals surface area (Å²) in [4.78, 5) is 22.2. The average Bonchev–Trinajstić information content (AvgIpc) is 3.19. The lowest BCUT2D eigenvalue weighted by Gasteiger charge is -2.25. The van der Waals surface area contributed by atoms with E-state index in [-0.39, 0.29) is 17.9 Å². The van der Waals surface area contributed by atoms with E-state index < -0.39 is 0 Å². The Bertz CT molecular complexity index is 1440. The van der Waals surface area contributed by atoms with E-state index in [2.05, 4.69) is 23.2 Å². The molecule has 0 amide bonds. The van der Waals surface area contributed by atoms with Crippen molar-refractivity contribution >= 4 is 0 Å². The van der Waals surface area contributed by atoms with E-state index in [4.69, 9.17) is 4.98 Å². The van der Waals surface area contributed by atoms with Gasteiger partial charge in [0.15, 0.2) is 5.82 Å². The molecule has 178 valence electrons. The molecular weight excluding hydrogens is 438 g/mol. The Kier molecular flexibility index (Phi) is 6.38. The Labute approximate surface area is 204 Å². The molecular formula is C29H29N3O3. The van der Waals surface area contributed by atoms with Gasteiger partial charge in [0.05, 0.1) is 23.7 Å². The molecule has 2 heterocycles. The number of imidazole rings is 1. The number of hydrogen-bond donors (Lipinski definition) is 3. The van der Waals surface area contributed by atoms with Crippen LogP contribution in [-0.2, 0) is 25.7 Å². The lowest BCUT2D eigenvalue weighted by molar-refractivity contribution is 0.342. The number of allylic oxidation sites excluding steroid dienone is 3. The Morgan fingerprint density at radius 1 is 1.17 bits per heavy atom. The summed E-state index contributed by atoms with van der Waals surface area (Å²) >= 11 is 0. The summed E-state index contributed by atoms with van der Waals surface area (Å²) in [6, 6.07) is 15.6. The number of phenols is 1. The van der Waals surface area contributed by atoms with Gasteiger partial charge in [-0.2, -0.15) is 0 Å². The van der Waals surface area contributed by atoms with Crippen molar-refractivity contribution in [2.45, 2.75) is 39.0 Å². The number of nitrogens with zero attached hydrogens (tertiary/aromatic N) is 2. The van der Waals surface area contributed by atoms with Gasteiger partial charge in [0.25, 0.3) is 5.56 Å². The van der Waals surface area contributed by atoms with Gasteiger partial charge in [0.2, 0.25) is 0 Å². The number of benzene rings is 2. The van der Waals surface area contributed by atoms with Crippen molar-refractivity contribution in [3.05, 3.63) is 111 Å². The molecule has 1 aliphatic carbocycles. The van der Waals surface area contributed by atoms with Crippen molar-refractivity contribution in [2.75, 3.05) is 6.61 Å². The minimum Gasteiger partial charge on any atom is -0.508 e. The van der Waals surface area contributed by atoms with Gasteiger partial charge in [0, 0.05) is 18.4 Å². The molecule has 0 fully saturated rings. The first-order valence-electron chi connectivity index (χ1n) is 12.1. The quantitative estimate of drug-likeness (QED) is 0.349. The predicted octanol–water partition coefficient (Wildman–Crippen LogP) is 4.49. The van der Waals surface area contributed by atoms with Gasteiger partial charge in [-0.25, -0.2) is 4.98 Å². The van der Waals surface area contributed by atoms with Crippen molar-refractivity contribution in [1.29, 1.82) is 0 Å². The van der Waals surface area contributed by atoms with E-state index in [1.165, 1.54) is 0 Å². The predicted molar refractivity (Wildman–Crippen MR) is 137 cm³/mol. The normalized spacial score (nSPS) is 13.4. The van der Waals surface area contributed by atoms with Gasteiger partial charge in [-0.3, -0.25) is 9.36 Å². The lowest BCUT2D eigenvalue weighted by Crippen LogP contribution is -2.25. The van der Waals surface area contributed by atoms with Crippen LogP contribution in [0.3, 0.4) is 0 Å². The maximum atomic E-state index is 13.7. The van der Waals surface area contributed by atoms with Crippen LogP contribution in [0.2, 0.25) is 0 Å². The number of phenolic OH excluding ortho intramolecular Hbond substituents is 1. The summed E-state index contributed by atoms with van der Waals surface area (Å²) < 4.78 is 1.79. The van der Waals surface area contributed by atoms with Crippen LogP contribution < -0.4 is 5.56 Å². The molecule has 0 spiro atoms. The first-order chi connectivity index (χ1) is 17.1. The van der Waals surface area contributed by atoms with Crippen molar-refractivity contribution in [1.82, 2.24) is 14.5 Å². The number of aliphatic hydroxyl groups excluding tert-OH is 1. The topological polar surface area (TPSA) is 91.1 Å². The highest BCUT2D eigenvalue weighted by molar-refractivity contribution is 5.71. The van der Waals surface area contributed by atoms with Gasteiger partial charge < -0.3 is 15.2 Å². The molecule has 6 nitrogen and oxygen atoms in total. The third kappa shape index (κ3) is 4.45. The number of hydrogen-bond acceptors (Lipinski definition) is 4. The molecule has 0 atom stereocenters. The highest BCUT2D eigenvalue weighted by Crippen LogP contribution is 2.36. The van der Waals surface area contributed by atoms with Crippen LogP contribution >= 0.6 is 0 Å². The number of aromatic hydroxyl groups is 1. The van der Waals surface area contributed by atoms with Crippen molar-refractivity contribution in [3.8, 4) is 22.8 Å². The first-order valence-corrected chi connectivity index (χ1v) is 12.1. The van der Waals surface area contributed by atoms with Crippen LogP contribution in [0.5, 0.6) is 5.75 Å². The van der Waals surface area contributed by atoms with E-state index in [0.29, 0.717) is 30.8 Å². The number of rotatable bonds is 7. The SMILES string of the molecule is CC/C=C(\C=C/CO)Cc1nc2c(Cc3ccccc3)[nH]c3c(n-2c1=O)CCc1cc(O)ccc1-3. The molecule has 0 aromatic heterocycles. The first kappa shape index (κ1) is 22.9. The number of aromatic amines is 1. The molecule has 0 unspecified atom stereocenters. The van der Waals surface area contributed by atoms with E-state index in [1.807, 2.05) is 37.3 Å². The second-order valence-corrected chi connectivity index (χ2v) is 8.90. The van der Waals surface area contributed by atoms with Gasteiger partial charge in [0.1, 0.15) is 11.4 Å². The Balaban J connectivity index is 1.70. The van der Waals surface area contributed by atoms with Crippen molar-refractivity contribution < 1.29 is 10.2 Å². The minimum atomic E-state index is -0.0961. The van der Waals surface area contributed by atoms with E-state index in [1.54, 1.807) is 22.8 Å². The number of aliphatic hydroxyl groups is 1. The molecule has 0 saturated carbocycles. The number of aromatic nitrogens is 3. The number of nitrogens with one attached hydrogen (secondary N) is 1. The zero-order valence-corrected chi connectivity index (χ0v) is 19.8. The summed E-state index contributed by atoms with van der Waals surface area (Å²) in [5, 5.41) is 19.2. The van der Waals surface area contributed by atoms with Crippen molar-refractivity contribution in [2.24, 2.45) is 0 Å². The maximum Gasteiger partial charge on any atom is 0.278 e.